The summed E-state index contributed by atoms with van der Waals surface area (Å²) in [5, 5.41) is 7.87. The summed E-state index contributed by atoms with van der Waals surface area (Å²) in [6.45, 7) is 4.43. The van der Waals surface area contributed by atoms with E-state index in [1.165, 1.54) is 18.4 Å². The number of nitrogens with one attached hydrogen (secondary N) is 2. The minimum absolute atomic E-state index is 0.364. The van der Waals surface area contributed by atoms with Crippen LogP contribution in [0.1, 0.15) is 31.4 Å². The lowest BCUT2D eigenvalue weighted by molar-refractivity contribution is 0.362. The molecule has 0 aliphatic carbocycles. The van der Waals surface area contributed by atoms with E-state index in [4.69, 9.17) is 11.6 Å². The molecular weight excluding hydrogens is 220 g/mol. The molecule has 2 N–H and O–H groups in total. The van der Waals surface area contributed by atoms with Gasteiger partial charge in [-0.05, 0) is 44.0 Å². The van der Waals surface area contributed by atoms with Gasteiger partial charge in [0.2, 0.25) is 0 Å². The van der Waals surface area contributed by atoms with Crippen molar-refractivity contribution < 1.29 is 0 Å². The topological polar surface area (TPSA) is 24.1 Å². The molecule has 0 amide bonds. The summed E-state index contributed by atoms with van der Waals surface area (Å²) >= 11 is 5.99. The van der Waals surface area contributed by atoms with Crippen molar-refractivity contribution in [3.8, 4) is 0 Å². The lowest BCUT2D eigenvalue weighted by Crippen LogP contribution is -2.43. The number of hydrogen-bond acceptors (Lipinski definition) is 2. The van der Waals surface area contributed by atoms with Crippen LogP contribution in [-0.2, 0) is 0 Å². The van der Waals surface area contributed by atoms with Gasteiger partial charge in [0, 0.05) is 23.7 Å². The molecule has 0 aromatic heterocycles. The van der Waals surface area contributed by atoms with Crippen LogP contribution in [0.3, 0.4) is 0 Å². The fraction of sp³-hybridized carbons (Fsp3) is 0.538. The zero-order chi connectivity index (χ0) is 11.4. The highest BCUT2D eigenvalue weighted by atomic mass is 35.5. The van der Waals surface area contributed by atoms with Gasteiger partial charge in [0.1, 0.15) is 0 Å². The molecule has 0 bridgehead atoms. The second-order valence-corrected chi connectivity index (χ2v) is 4.92. The van der Waals surface area contributed by atoms with Crippen molar-refractivity contribution in [1.29, 1.82) is 0 Å². The Kier molecular flexibility index (Phi) is 4.22. The Morgan fingerprint density at radius 3 is 3.06 bits per heavy atom. The van der Waals surface area contributed by atoms with Crippen LogP contribution in [0.2, 0.25) is 5.02 Å². The molecule has 1 fully saturated rings. The third-order valence-corrected chi connectivity index (χ3v) is 3.37. The van der Waals surface area contributed by atoms with Gasteiger partial charge >= 0.3 is 0 Å². The quantitative estimate of drug-likeness (QED) is 0.846. The van der Waals surface area contributed by atoms with Gasteiger partial charge in [-0.15, -0.1) is 0 Å². The predicted octanol–water partition coefficient (Wildman–Crippen LogP) is 2.74. The Morgan fingerprint density at radius 1 is 1.50 bits per heavy atom. The second-order valence-electron chi connectivity index (χ2n) is 4.49. The van der Waals surface area contributed by atoms with E-state index in [1.54, 1.807) is 0 Å². The molecule has 1 aromatic carbocycles. The van der Waals surface area contributed by atoms with E-state index in [0.717, 1.165) is 18.1 Å². The lowest BCUT2D eigenvalue weighted by Gasteiger charge is -2.27. The van der Waals surface area contributed by atoms with Gasteiger partial charge in [0.05, 0.1) is 0 Å². The minimum Gasteiger partial charge on any atom is -0.315 e. The molecule has 3 heteroatoms. The molecule has 1 aliphatic rings. The molecule has 16 heavy (non-hydrogen) atoms. The Morgan fingerprint density at radius 2 is 2.38 bits per heavy atom. The molecule has 1 aromatic rings. The zero-order valence-corrected chi connectivity index (χ0v) is 10.4. The van der Waals surface area contributed by atoms with E-state index in [1.807, 2.05) is 18.2 Å². The summed E-state index contributed by atoms with van der Waals surface area (Å²) in [6.07, 6.45) is 2.53. The van der Waals surface area contributed by atoms with E-state index >= 15 is 0 Å². The molecular formula is C13H19ClN2. The molecule has 1 aliphatic heterocycles. The molecule has 2 nitrogen and oxygen atoms in total. The van der Waals surface area contributed by atoms with Gasteiger partial charge in [0.25, 0.3) is 0 Å². The van der Waals surface area contributed by atoms with Crippen molar-refractivity contribution >= 4 is 11.6 Å². The average molecular weight is 239 g/mol. The molecule has 2 rings (SSSR count). The van der Waals surface area contributed by atoms with Crippen molar-refractivity contribution in [2.75, 3.05) is 13.1 Å². The van der Waals surface area contributed by atoms with E-state index in [-0.39, 0.29) is 0 Å². The summed E-state index contributed by atoms with van der Waals surface area (Å²) < 4.78 is 0. The number of halogens is 1. The molecule has 0 saturated carbocycles. The normalized spacial score (nSPS) is 23.0. The maximum Gasteiger partial charge on any atom is 0.0409 e. The third-order valence-electron chi connectivity index (χ3n) is 3.13. The van der Waals surface area contributed by atoms with Crippen LogP contribution in [-0.4, -0.2) is 19.1 Å². The highest BCUT2D eigenvalue weighted by molar-refractivity contribution is 6.30. The number of benzene rings is 1. The highest BCUT2D eigenvalue weighted by Crippen LogP contribution is 2.18. The largest absolute Gasteiger partial charge is 0.315 e. The fourth-order valence-electron chi connectivity index (χ4n) is 2.22. The molecule has 1 unspecified atom stereocenters. The molecule has 1 saturated heterocycles. The summed E-state index contributed by atoms with van der Waals surface area (Å²) in [7, 11) is 0. The Bertz CT molecular complexity index is 334. The monoisotopic (exact) mass is 238 g/mol. The summed E-state index contributed by atoms with van der Waals surface area (Å²) in [5.41, 5.74) is 1.26. The first-order valence-electron chi connectivity index (χ1n) is 5.98. The maximum atomic E-state index is 5.99. The van der Waals surface area contributed by atoms with Crippen LogP contribution in [0, 0.1) is 0 Å². The summed E-state index contributed by atoms with van der Waals surface area (Å²) in [5.74, 6) is 0. The fourth-order valence-corrected chi connectivity index (χ4v) is 2.42. The smallest absolute Gasteiger partial charge is 0.0409 e. The van der Waals surface area contributed by atoms with Gasteiger partial charge in [0.15, 0.2) is 0 Å². The van der Waals surface area contributed by atoms with Crippen LogP contribution < -0.4 is 10.6 Å². The highest BCUT2D eigenvalue weighted by Gasteiger charge is 2.15. The van der Waals surface area contributed by atoms with Gasteiger partial charge < -0.3 is 10.6 Å². The van der Waals surface area contributed by atoms with Gasteiger partial charge in [-0.25, -0.2) is 0 Å². The van der Waals surface area contributed by atoms with E-state index in [0.29, 0.717) is 12.1 Å². The Labute approximate surface area is 102 Å². The third kappa shape index (κ3) is 3.21. The number of piperidine rings is 1. The van der Waals surface area contributed by atoms with Crippen LogP contribution in [0.15, 0.2) is 24.3 Å². The van der Waals surface area contributed by atoms with E-state index in [9.17, 15) is 0 Å². The first-order chi connectivity index (χ1) is 7.75. The predicted molar refractivity (Wildman–Crippen MR) is 68.9 cm³/mol. The molecule has 0 radical (unpaired) electrons. The van der Waals surface area contributed by atoms with Crippen molar-refractivity contribution in [2.45, 2.75) is 31.8 Å². The first-order valence-corrected chi connectivity index (χ1v) is 6.36. The van der Waals surface area contributed by atoms with Crippen LogP contribution in [0.5, 0.6) is 0 Å². The zero-order valence-electron chi connectivity index (χ0n) is 9.67. The first kappa shape index (κ1) is 11.9. The number of rotatable bonds is 3. The van der Waals surface area contributed by atoms with E-state index < -0.39 is 0 Å². The molecule has 2 atom stereocenters. The Balaban J connectivity index is 1.94. The molecule has 1 heterocycles. The molecule has 88 valence electrons. The van der Waals surface area contributed by atoms with Crippen molar-refractivity contribution in [3.63, 3.8) is 0 Å². The minimum atomic E-state index is 0.364. The SMILES string of the molecule is C[C@@H](NC1CCCNC1)c1cccc(Cl)c1. The second kappa shape index (κ2) is 5.67. The van der Waals surface area contributed by atoms with Gasteiger partial charge in [-0.1, -0.05) is 23.7 Å². The van der Waals surface area contributed by atoms with Crippen LogP contribution in [0.4, 0.5) is 0 Å². The van der Waals surface area contributed by atoms with Gasteiger partial charge in [-0.3, -0.25) is 0 Å². The standard InChI is InChI=1S/C13H19ClN2/c1-10(11-4-2-5-12(14)8-11)16-13-6-3-7-15-9-13/h2,4-5,8,10,13,15-16H,3,6-7,9H2,1H3/t10-,13?/m1/s1. The van der Waals surface area contributed by atoms with Crippen LogP contribution in [0.25, 0.3) is 0 Å². The number of hydrogen-bond donors (Lipinski definition) is 2. The molecule has 0 spiro atoms. The van der Waals surface area contributed by atoms with Crippen LogP contribution >= 0.6 is 11.6 Å². The van der Waals surface area contributed by atoms with E-state index in [2.05, 4.69) is 23.6 Å². The average Bonchev–Trinajstić information content (AvgIpc) is 2.30. The Hall–Kier alpha value is -0.570. The maximum absolute atomic E-state index is 5.99. The van der Waals surface area contributed by atoms with Crippen molar-refractivity contribution in [1.82, 2.24) is 10.6 Å². The van der Waals surface area contributed by atoms with Gasteiger partial charge in [-0.2, -0.15) is 0 Å². The summed E-state index contributed by atoms with van der Waals surface area (Å²) in [4.78, 5) is 0. The van der Waals surface area contributed by atoms with Crippen molar-refractivity contribution in [3.05, 3.63) is 34.9 Å². The lowest BCUT2D eigenvalue weighted by atomic mass is 10.0. The van der Waals surface area contributed by atoms with Crippen molar-refractivity contribution in [2.24, 2.45) is 0 Å². The summed E-state index contributed by atoms with van der Waals surface area (Å²) in [6, 6.07) is 9.04.